The van der Waals surface area contributed by atoms with Crippen LogP contribution in [0.1, 0.15) is 133 Å². The average molecular weight is 681 g/mol. The first-order chi connectivity index (χ1) is 22.7. The van der Waals surface area contributed by atoms with Gasteiger partial charge in [-0.05, 0) is 138 Å². The van der Waals surface area contributed by atoms with Crippen molar-refractivity contribution in [2.45, 2.75) is 151 Å². The number of nitrogens with one attached hydrogen (secondary N) is 2. The molecular formula is C42H68N2O5. The number of hydrogen-bond donors (Lipinski definition) is 3. The van der Waals surface area contributed by atoms with E-state index in [-0.39, 0.29) is 46.0 Å². The Bertz CT molecular complexity index is 1360. The molecule has 49 heavy (non-hydrogen) atoms. The van der Waals surface area contributed by atoms with Gasteiger partial charge in [0.05, 0.1) is 22.8 Å². The van der Waals surface area contributed by atoms with E-state index in [4.69, 9.17) is 4.74 Å². The van der Waals surface area contributed by atoms with Crippen molar-refractivity contribution in [3.8, 4) is 0 Å². The molecule has 0 aromatic rings. The summed E-state index contributed by atoms with van der Waals surface area (Å²) in [6, 6.07) is 0. The number of ether oxygens (including phenoxy) is 1. The van der Waals surface area contributed by atoms with Crippen LogP contribution in [-0.2, 0) is 19.1 Å². The Kier molecular flexibility index (Phi) is 10.2. The monoisotopic (exact) mass is 681 g/mol. The van der Waals surface area contributed by atoms with E-state index in [1.54, 1.807) is 0 Å². The molecule has 5 rings (SSSR count). The van der Waals surface area contributed by atoms with E-state index in [1.165, 1.54) is 24.0 Å². The number of hydrogen-bond acceptors (Lipinski definition) is 5. The van der Waals surface area contributed by atoms with Crippen molar-refractivity contribution in [1.29, 1.82) is 0 Å². The summed E-state index contributed by atoms with van der Waals surface area (Å²) >= 11 is 0. The summed E-state index contributed by atoms with van der Waals surface area (Å²) < 4.78 is 6.76. The van der Waals surface area contributed by atoms with Crippen LogP contribution < -0.4 is 10.6 Å². The SMILES string of the molecule is C=C(OC1CCC2(C)C(CCC3(C)C4CCC(CC=O)(NC(=O)C(C)(C)NC)/C(=C(\C)C(C)C)C4CCC32)C1(C)C)C1CC(C(=O)O)C1C. The topological polar surface area (TPSA) is 105 Å². The van der Waals surface area contributed by atoms with E-state index in [0.717, 1.165) is 50.6 Å². The van der Waals surface area contributed by atoms with E-state index < -0.39 is 17.0 Å². The van der Waals surface area contributed by atoms with Crippen molar-refractivity contribution in [3.63, 3.8) is 0 Å². The van der Waals surface area contributed by atoms with E-state index in [2.05, 4.69) is 65.7 Å². The average Bonchev–Trinajstić information content (AvgIpc) is 3.00. The number of allylic oxidation sites excluding steroid dienone is 2. The molecule has 5 aliphatic carbocycles. The second-order valence-electron chi connectivity index (χ2n) is 19.1. The van der Waals surface area contributed by atoms with Gasteiger partial charge in [0.1, 0.15) is 12.4 Å². The number of aldehydes is 1. The summed E-state index contributed by atoms with van der Waals surface area (Å²) in [7, 11) is 1.82. The first-order valence-electron chi connectivity index (χ1n) is 19.5. The van der Waals surface area contributed by atoms with Crippen LogP contribution in [0.3, 0.4) is 0 Å². The summed E-state index contributed by atoms with van der Waals surface area (Å²) in [4.78, 5) is 37.8. The van der Waals surface area contributed by atoms with Gasteiger partial charge in [0.25, 0.3) is 0 Å². The van der Waals surface area contributed by atoms with Crippen LogP contribution in [0.15, 0.2) is 23.5 Å². The molecule has 0 bridgehead atoms. The predicted molar refractivity (Wildman–Crippen MR) is 196 cm³/mol. The number of likely N-dealkylation sites (N-methyl/N-ethyl adjacent to an activating group) is 1. The molecule has 5 aliphatic rings. The minimum absolute atomic E-state index is 0.0251. The van der Waals surface area contributed by atoms with Gasteiger partial charge < -0.3 is 25.3 Å². The fourth-order valence-electron chi connectivity index (χ4n) is 12.5. The van der Waals surface area contributed by atoms with Gasteiger partial charge in [0, 0.05) is 17.8 Å². The van der Waals surface area contributed by atoms with Crippen LogP contribution in [-0.4, -0.2) is 47.5 Å². The number of amides is 1. The van der Waals surface area contributed by atoms with Crippen LogP contribution in [0.5, 0.6) is 0 Å². The highest BCUT2D eigenvalue weighted by atomic mass is 16.5. The molecule has 1 amide bonds. The second kappa shape index (κ2) is 13.1. The predicted octanol–water partition coefficient (Wildman–Crippen LogP) is 8.34. The van der Waals surface area contributed by atoms with Crippen molar-refractivity contribution in [2.75, 3.05) is 7.05 Å². The minimum Gasteiger partial charge on any atom is -0.495 e. The Morgan fingerprint density at radius 1 is 1.00 bits per heavy atom. The van der Waals surface area contributed by atoms with Gasteiger partial charge in [-0.25, -0.2) is 0 Å². The number of rotatable bonds is 10. The van der Waals surface area contributed by atoms with Crippen LogP contribution in [0.25, 0.3) is 0 Å². The Morgan fingerprint density at radius 2 is 1.65 bits per heavy atom. The molecular weight excluding hydrogens is 612 g/mol. The minimum atomic E-state index is -0.737. The lowest BCUT2D eigenvalue weighted by Crippen LogP contribution is -2.66. The first-order valence-corrected chi connectivity index (χ1v) is 19.5. The quantitative estimate of drug-likeness (QED) is 0.122. The molecule has 0 aromatic carbocycles. The zero-order chi connectivity index (χ0) is 36.5. The Balaban J connectivity index is 1.42. The van der Waals surface area contributed by atoms with E-state index in [0.29, 0.717) is 42.4 Å². The van der Waals surface area contributed by atoms with Crippen molar-refractivity contribution < 1.29 is 24.2 Å². The number of carboxylic acid groups (broad SMARTS) is 1. The lowest BCUT2D eigenvalue weighted by molar-refractivity contribution is -0.207. The van der Waals surface area contributed by atoms with Crippen LogP contribution in [0.4, 0.5) is 0 Å². The third-order valence-corrected chi connectivity index (χ3v) is 16.0. The highest BCUT2D eigenvalue weighted by Crippen LogP contribution is 2.72. The van der Waals surface area contributed by atoms with Crippen molar-refractivity contribution in [1.82, 2.24) is 10.6 Å². The van der Waals surface area contributed by atoms with Gasteiger partial charge in [-0.2, -0.15) is 0 Å². The number of carbonyl (C=O) groups is 3. The Labute approximate surface area is 297 Å². The highest BCUT2D eigenvalue weighted by Gasteiger charge is 2.66. The maximum Gasteiger partial charge on any atom is 0.306 e. The molecule has 3 N–H and O–H groups in total. The Morgan fingerprint density at radius 3 is 2.22 bits per heavy atom. The third-order valence-electron chi connectivity index (χ3n) is 16.0. The highest BCUT2D eigenvalue weighted by molar-refractivity contribution is 5.87. The molecule has 0 aromatic heterocycles. The van der Waals surface area contributed by atoms with E-state index in [9.17, 15) is 19.5 Å². The van der Waals surface area contributed by atoms with Gasteiger partial charge in [0.15, 0.2) is 0 Å². The first kappa shape index (κ1) is 38.1. The van der Waals surface area contributed by atoms with Crippen molar-refractivity contribution in [2.24, 2.45) is 63.6 Å². The molecule has 11 atom stereocenters. The molecule has 0 radical (unpaired) electrons. The fraction of sp³-hybridized carbons (Fsp3) is 0.833. The molecule has 7 heteroatoms. The van der Waals surface area contributed by atoms with Crippen LogP contribution in [0, 0.1) is 63.6 Å². The zero-order valence-electron chi connectivity index (χ0n) is 32.6. The molecule has 0 spiro atoms. The summed E-state index contributed by atoms with van der Waals surface area (Å²) in [5.74, 6) is 2.26. The Hall–Kier alpha value is -2.15. The molecule has 5 saturated carbocycles. The number of carbonyl (C=O) groups excluding carboxylic acids is 2. The van der Waals surface area contributed by atoms with Gasteiger partial charge >= 0.3 is 5.97 Å². The molecule has 11 unspecified atom stereocenters. The normalized spacial score (nSPS) is 42.4. The molecule has 5 fully saturated rings. The van der Waals surface area contributed by atoms with Gasteiger partial charge in [0.2, 0.25) is 5.91 Å². The smallest absolute Gasteiger partial charge is 0.306 e. The summed E-state index contributed by atoms with van der Waals surface area (Å²) in [5, 5.41) is 16.2. The van der Waals surface area contributed by atoms with Gasteiger partial charge in [-0.1, -0.05) is 60.6 Å². The lowest BCUT2D eigenvalue weighted by Gasteiger charge is -2.69. The maximum atomic E-state index is 13.8. The van der Waals surface area contributed by atoms with Crippen LogP contribution in [0.2, 0.25) is 0 Å². The molecule has 0 heterocycles. The number of fused-ring (bicyclic) bond motifs is 5. The zero-order valence-corrected chi connectivity index (χ0v) is 32.6. The van der Waals surface area contributed by atoms with Crippen molar-refractivity contribution in [3.05, 3.63) is 23.5 Å². The van der Waals surface area contributed by atoms with Crippen molar-refractivity contribution >= 4 is 18.2 Å². The van der Waals surface area contributed by atoms with Gasteiger partial charge in [-0.3, -0.25) is 9.59 Å². The largest absolute Gasteiger partial charge is 0.495 e. The summed E-state index contributed by atoms with van der Waals surface area (Å²) in [6.07, 6.45) is 10.6. The van der Waals surface area contributed by atoms with E-state index >= 15 is 0 Å². The third kappa shape index (κ3) is 6.04. The van der Waals surface area contributed by atoms with E-state index in [1.807, 2.05) is 27.8 Å². The summed E-state index contributed by atoms with van der Waals surface area (Å²) in [6.45, 7) is 27.0. The molecule has 0 aliphatic heterocycles. The standard InChI is InChI=1S/C42H68N2O5/c1-24(2)25(3)35-28-13-14-33-40(10,31(28)15-20-42(35,21-22-45)44-37(48)39(8,9)43-12)18-16-32-38(6,7)34(17-19-41(32,33)11)49-27(5)29-23-30(26(29)4)36(46)47/h22,24,26,28-34,43H,5,13-21,23H2,1-4,6-12H3,(H,44,48)(H,46,47)/b35-25+. The van der Waals surface area contributed by atoms with Gasteiger partial charge in [-0.15, -0.1) is 0 Å². The molecule has 0 saturated heterocycles. The second-order valence-corrected chi connectivity index (χ2v) is 19.1. The number of aliphatic carboxylic acids is 1. The number of carboxylic acids is 1. The lowest BCUT2D eigenvalue weighted by atomic mass is 9.36. The molecule has 7 nitrogen and oxygen atoms in total. The van der Waals surface area contributed by atoms with Crippen LogP contribution >= 0.6 is 0 Å². The maximum absolute atomic E-state index is 13.8. The summed E-state index contributed by atoms with van der Waals surface area (Å²) in [5.41, 5.74) is 1.66. The molecule has 276 valence electrons. The fourth-order valence-corrected chi connectivity index (χ4v) is 12.5.